The Morgan fingerprint density at radius 3 is 2.88 bits per heavy atom. The van der Waals surface area contributed by atoms with Gasteiger partial charge in [-0.1, -0.05) is 6.07 Å². The fraction of sp³-hybridized carbons (Fsp3) is 0.364. The second-order valence-electron chi connectivity index (χ2n) is 3.64. The number of carboxylic acid groups (broad SMARTS) is 1. The third-order valence-corrected chi connectivity index (χ3v) is 2.57. The molecule has 0 saturated heterocycles. The zero-order chi connectivity index (χ0) is 11.5. The number of rotatable bonds is 4. The molecule has 0 spiro atoms. The quantitative estimate of drug-likeness (QED) is 0.793. The van der Waals surface area contributed by atoms with Gasteiger partial charge in [-0.25, -0.2) is 0 Å². The van der Waals surface area contributed by atoms with Gasteiger partial charge in [0, 0.05) is 5.92 Å². The van der Waals surface area contributed by atoms with Crippen molar-refractivity contribution in [2.45, 2.75) is 12.3 Å². The lowest BCUT2D eigenvalue weighted by molar-refractivity contribution is -0.137. The van der Waals surface area contributed by atoms with E-state index in [2.05, 4.69) is 0 Å². The highest BCUT2D eigenvalue weighted by Gasteiger charge is 2.18. The summed E-state index contributed by atoms with van der Waals surface area (Å²) in [7, 11) is 0. The van der Waals surface area contributed by atoms with Gasteiger partial charge >= 0.3 is 5.97 Å². The summed E-state index contributed by atoms with van der Waals surface area (Å²) in [5.74, 6) is 0.302. The second-order valence-corrected chi connectivity index (χ2v) is 3.64. The van der Waals surface area contributed by atoms with E-state index in [9.17, 15) is 4.79 Å². The Labute approximate surface area is 92.8 Å². The number of nitrogens with two attached hydrogens (primary N) is 1. The number of benzene rings is 1. The molecular formula is C11H13NO4. The van der Waals surface area contributed by atoms with Gasteiger partial charge in [0.15, 0.2) is 11.5 Å². The summed E-state index contributed by atoms with van der Waals surface area (Å²) in [4.78, 5) is 10.7. The van der Waals surface area contributed by atoms with E-state index in [1.807, 2.05) is 6.07 Å². The first-order valence-electron chi connectivity index (χ1n) is 5.02. The minimum atomic E-state index is -0.854. The highest BCUT2D eigenvalue weighted by molar-refractivity contribution is 5.68. The van der Waals surface area contributed by atoms with Crippen LogP contribution < -0.4 is 15.2 Å². The number of hydrogen-bond donors (Lipinski definition) is 2. The lowest BCUT2D eigenvalue weighted by Gasteiger charge is -2.12. The normalized spacial score (nSPS) is 14.8. The Bertz CT molecular complexity index is 405. The maximum absolute atomic E-state index is 10.7. The van der Waals surface area contributed by atoms with Gasteiger partial charge in [-0.15, -0.1) is 0 Å². The van der Waals surface area contributed by atoms with Crippen LogP contribution in [0.15, 0.2) is 18.2 Å². The molecule has 1 aliphatic heterocycles. The number of hydrogen-bond acceptors (Lipinski definition) is 4. The molecule has 1 heterocycles. The number of aliphatic carboxylic acids is 1. The van der Waals surface area contributed by atoms with E-state index in [0.29, 0.717) is 18.0 Å². The van der Waals surface area contributed by atoms with E-state index in [-0.39, 0.29) is 19.1 Å². The van der Waals surface area contributed by atoms with Crippen LogP contribution in [0.3, 0.4) is 0 Å². The Morgan fingerprint density at radius 1 is 1.44 bits per heavy atom. The van der Waals surface area contributed by atoms with Crippen LogP contribution in [-0.2, 0) is 4.79 Å². The van der Waals surface area contributed by atoms with Gasteiger partial charge in [0.2, 0.25) is 6.79 Å². The van der Waals surface area contributed by atoms with E-state index < -0.39 is 5.97 Å². The zero-order valence-corrected chi connectivity index (χ0v) is 8.68. The summed E-state index contributed by atoms with van der Waals surface area (Å²) in [6, 6.07) is 5.40. The summed E-state index contributed by atoms with van der Waals surface area (Å²) in [6.45, 7) is 0.511. The molecule has 0 aliphatic carbocycles. The minimum absolute atomic E-state index is 0.0240. The minimum Gasteiger partial charge on any atom is -0.481 e. The average Bonchev–Trinajstić information content (AvgIpc) is 2.72. The third-order valence-electron chi connectivity index (χ3n) is 2.57. The van der Waals surface area contributed by atoms with Gasteiger partial charge in [-0.3, -0.25) is 4.79 Å². The predicted molar refractivity (Wildman–Crippen MR) is 56.6 cm³/mol. The molecule has 0 fully saturated rings. The van der Waals surface area contributed by atoms with Crippen molar-refractivity contribution >= 4 is 5.97 Å². The number of carboxylic acids is 1. The molecule has 0 aromatic heterocycles. The maximum atomic E-state index is 10.7. The van der Waals surface area contributed by atoms with Gasteiger partial charge in [-0.05, 0) is 24.2 Å². The second kappa shape index (κ2) is 4.40. The van der Waals surface area contributed by atoms with E-state index in [4.69, 9.17) is 20.3 Å². The number of carbonyl (C=O) groups is 1. The largest absolute Gasteiger partial charge is 0.481 e. The fourth-order valence-corrected chi connectivity index (χ4v) is 1.72. The summed E-state index contributed by atoms with van der Waals surface area (Å²) < 4.78 is 10.4. The van der Waals surface area contributed by atoms with Crippen molar-refractivity contribution in [1.29, 1.82) is 0 Å². The van der Waals surface area contributed by atoms with Crippen molar-refractivity contribution in [3.8, 4) is 11.5 Å². The highest BCUT2D eigenvalue weighted by Crippen LogP contribution is 2.35. The first kappa shape index (κ1) is 10.8. The van der Waals surface area contributed by atoms with Gasteiger partial charge < -0.3 is 20.3 Å². The summed E-state index contributed by atoms with van der Waals surface area (Å²) in [6.07, 6.45) is 0.0240. The zero-order valence-electron chi connectivity index (χ0n) is 8.68. The third kappa shape index (κ3) is 2.09. The monoisotopic (exact) mass is 223 g/mol. The van der Waals surface area contributed by atoms with Crippen LogP contribution in [0.4, 0.5) is 0 Å². The van der Waals surface area contributed by atoms with Crippen molar-refractivity contribution in [2.75, 3.05) is 13.3 Å². The van der Waals surface area contributed by atoms with Gasteiger partial charge in [0.25, 0.3) is 0 Å². The molecule has 1 aromatic rings. The molecule has 1 aliphatic rings. The molecular weight excluding hydrogens is 210 g/mol. The molecule has 16 heavy (non-hydrogen) atoms. The Kier molecular flexibility index (Phi) is 2.96. The molecule has 5 heteroatoms. The number of fused-ring (bicyclic) bond motifs is 1. The summed E-state index contributed by atoms with van der Waals surface area (Å²) in [5, 5.41) is 8.76. The molecule has 2 rings (SSSR count). The van der Waals surface area contributed by atoms with Gasteiger partial charge in [0.1, 0.15) is 0 Å². The summed E-state index contributed by atoms with van der Waals surface area (Å²) in [5.41, 5.74) is 6.43. The van der Waals surface area contributed by atoms with E-state index in [1.54, 1.807) is 12.1 Å². The average molecular weight is 223 g/mol. The van der Waals surface area contributed by atoms with Crippen molar-refractivity contribution in [3.05, 3.63) is 23.8 Å². The lowest BCUT2D eigenvalue weighted by atomic mass is 9.95. The first-order valence-corrected chi connectivity index (χ1v) is 5.02. The molecule has 1 aromatic carbocycles. The molecule has 5 nitrogen and oxygen atoms in total. The van der Waals surface area contributed by atoms with E-state index in [1.165, 1.54) is 0 Å². The number of ether oxygens (including phenoxy) is 2. The lowest BCUT2D eigenvalue weighted by Crippen LogP contribution is -2.16. The van der Waals surface area contributed by atoms with Crippen LogP contribution in [-0.4, -0.2) is 24.4 Å². The highest BCUT2D eigenvalue weighted by atomic mass is 16.7. The molecule has 0 bridgehead atoms. The molecule has 0 saturated carbocycles. The van der Waals surface area contributed by atoms with Crippen molar-refractivity contribution < 1.29 is 19.4 Å². The molecule has 0 radical (unpaired) electrons. The van der Waals surface area contributed by atoms with Crippen LogP contribution in [0.1, 0.15) is 17.9 Å². The molecule has 1 atom stereocenters. The van der Waals surface area contributed by atoms with Crippen LogP contribution in [0.25, 0.3) is 0 Å². The molecule has 86 valence electrons. The van der Waals surface area contributed by atoms with Crippen LogP contribution in [0.5, 0.6) is 11.5 Å². The van der Waals surface area contributed by atoms with E-state index in [0.717, 1.165) is 5.56 Å². The fourth-order valence-electron chi connectivity index (χ4n) is 1.72. The van der Waals surface area contributed by atoms with Crippen LogP contribution in [0.2, 0.25) is 0 Å². The smallest absolute Gasteiger partial charge is 0.304 e. The summed E-state index contributed by atoms with van der Waals surface area (Å²) >= 11 is 0. The van der Waals surface area contributed by atoms with Gasteiger partial charge in [-0.2, -0.15) is 0 Å². The Balaban J connectivity index is 2.21. The van der Waals surface area contributed by atoms with Crippen molar-refractivity contribution in [1.82, 2.24) is 0 Å². The SMILES string of the molecule is NCC(CC(=O)O)c1ccc2c(c1)OCO2. The van der Waals surface area contributed by atoms with Crippen LogP contribution >= 0.6 is 0 Å². The Morgan fingerprint density at radius 2 is 2.19 bits per heavy atom. The Hall–Kier alpha value is -1.75. The van der Waals surface area contributed by atoms with Crippen molar-refractivity contribution in [3.63, 3.8) is 0 Å². The topological polar surface area (TPSA) is 81.8 Å². The van der Waals surface area contributed by atoms with E-state index >= 15 is 0 Å². The van der Waals surface area contributed by atoms with Crippen LogP contribution in [0, 0.1) is 0 Å². The molecule has 0 amide bonds. The predicted octanol–water partition coefficient (Wildman–Crippen LogP) is 0.932. The van der Waals surface area contributed by atoms with Crippen molar-refractivity contribution in [2.24, 2.45) is 5.73 Å². The first-order chi connectivity index (χ1) is 7.70. The maximum Gasteiger partial charge on any atom is 0.304 e. The molecule has 1 unspecified atom stereocenters. The van der Waals surface area contributed by atoms with Gasteiger partial charge in [0.05, 0.1) is 6.42 Å². The molecule has 3 N–H and O–H groups in total. The standard InChI is InChI=1S/C11H13NO4/c12-5-8(4-11(13)14)7-1-2-9-10(3-7)16-6-15-9/h1-3,8H,4-6,12H2,(H,13,14).